The van der Waals surface area contributed by atoms with E-state index in [2.05, 4.69) is 30.2 Å². The molecule has 0 atom stereocenters. The molecule has 1 aliphatic rings. The van der Waals surface area contributed by atoms with Crippen molar-refractivity contribution >= 4 is 6.08 Å². The van der Waals surface area contributed by atoms with Gasteiger partial charge in [0.15, 0.2) is 11.5 Å². The van der Waals surface area contributed by atoms with E-state index in [1.54, 1.807) is 7.11 Å². The smallest absolute Gasteiger partial charge is 0.231 e. The Morgan fingerprint density at radius 2 is 1.87 bits per heavy atom. The molecule has 1 heterocycles. The van der Waals surface area contributed by atoms with Crippen LogP contribution in [-0.4, -0.2) is 32.4 Å². The summed E-state index contributed by atoms with van der Waals surface area (Å²) in [4.78, 5) is 2.25. The van der Waals surface area contributed by atoms with E-state index in [9.17, 15) is 0 Å². The molecule has 0 fully saturated rings. The highest BCUT2D eigenvalue weighted by Crippen LogP contribution is 2.32. The van der Waals surface area contributed by atoms with Crippen LogP contribution in [0.1, 0.15) is 11.1 Å². The molecule has 0 aliphatic carbocycles. The van der Waals surface area contributed by atoms with E-state index < -0.39 is 0 Å². The molecule has 120 valence electrons. The predicted molar refractivity (Wildman–Crippen MR) is 90.9 cm³/mol. The van der Waals surface area contributed by atoms with E-state index >= 15 is 0 Å². The molecular weight excluding hydrogens is 290 g/mol. The van der Waals surface area contributed by atoms with Crippen LogP contribution >= 0.6 is 0 Å². The number of fused-ring (bicyclic) bond motifs is 1. The van der Waals surface area contributed by atoms with Crippen molar-refractivity contribution in [2.24, 2.45) is 0 Å². The molecule has 4 heteroatoms. The minimum absolute atomic E-state index is 0.319. The van der Waals surface area contributed by atoms with Gasteiger partial charge < -0.3 is 14.2 Å². The minimum atomic E-state index is 0.319. The van der Waals surface area contributed by atoms with Crippen LogP contribution in [-0.2, 0) is 6.54 Å². The second-order valence-electron chi connectivity index (χ2n) is 5.56. The van der Waals surface area contributed by atoms with Gasteiger partial charge in [0.05, 0.1) is 7.11 Å². The molecule has 2 aromatic carbocycles. The van der Waals surface area contributed by atoms with Crippen LogP contribution in [0.5, 0.6) is 17.2 Å². The van der Waals surface area contributed by atoms with Gasteiger partial charge in [0.2, 0.25) is 6.79 Å². The second kappa shape index (κ2) is 7.20. The zero-order valence-corrected chi connectivity index (χ0v) is 13.5. The molecule has 0 spiro atoms. The van der Waals surface area contributed by atoms with Gasteiger partial charge in [-0.1, -0.05) is 30.4 Å². The third kappa shape index (κ3) is 4.05. The first-order valence-electron chi connectivity index (χ1n) is 7.62. The Hall–Kier alpha value is -2.46. The normalized spacial score (nSPS) is 13.0. The van der Waals surface area contributed by atoms with Crippen molar-refractivity contribution in [1.82, 2.24) is 4.90 Å². The van der Waals surface area contributed by atoms with Crippen LogP contribution in [0, 0.1) is 0 Å². The summed E-state index contributed by atoms with van der Waals surface area (Å²) in [6, 6.07) is 14.1. The summed E-state index contributed by atoms with van der Waals surface area (Å²) in [6.45, 7) is 2.06. The third-order valence-corrected chi connectivity index (χ3v) is 3.73. The monoisotopic (exact) mass is 311 g/mol. The Bertz CT molecular complexity index is 680. The third-order valence-electron chi connectivity index (χ3n) is 3.73. The van der Waals surface area contributed by atoms with Crippen molar-refractivity contribution in [2.75, 3.05) is 27.5 Å². The second-order valence-corrected chi connectivity index (χ2v) is 5.56. The van der Waals surface area contributed by atoms with E-state index in [0.29, 0.717) is 6.79 Å². The van der Waals surface area contributed by atoms with Crippen molar-refractivity contribution in [3.05, 3.63) is 59.7 Å². The summed E-state index contributed by atoms with van der Waals surface area (Å²) in [6.07, 6.45) is 4.28. The van der Waals surface area contributed by atoms with E-state index in [0.717, 1.165) is 30.3 Å². The Labute approximate surface area is 136 Å². The van der Waals surface area contributed by atoms with Crippen LogP contribution in [0.15, 0.2) is 48.5 Å². The first-order chi connectivity index (χ1) is 11.2. The quantitative estimate of drug-likeness (QED) is 0.816. The average molecular weight is 311 g/mol. The molecule has 0 unspecified atom stereocenters. The van der Waals surface area contributed by atoms with Crippen molar-refractivity contribution in [3.63, 3.8) is 0 Å². The number of methoxy groups -OCH3 is 1. The van der Waals surface area contributed by atoms with Crippen LogP contribution in [0.25, 0.3) is 6.08 Å². The first-order valence-corrected chi connectivity index (χ1v) is 7.62. The van der Waals surface area contributed by atoms with Crippen LogP contribution in [0.2, 0.25) is 0 Å². The number of nitrogens with zero attached hydrogens (tertiary/aromatic N) is 1. The van der Waals surface area contributed by atoms with Crippen molar-refractivity contribution < 1.29 is 14.2 Å². The molecule has 1 aliphatic heterocycles. The molecule has 0 amide bonds. The molecule has 0 radical (unpaired) electrons. The first kappa shape index (κ1) is 15.4. The molecule has 2 aromatic rings. The maximum atomic E-state index is 5.41. The highest BCUT2D eigenvalue weighted by atomic mass is 16.7. The van der Waals surface area contributed by atoms with Gasteiger partial charge in [0, 0.05) is 13.1 Å². The number of hydrogen-bond donors (Lipinski definition) is 0. The molecular formula is C19H21NO3. The van der Waals surface area contributed by atoms with E-state index in [1.807, 2.05) is 36.4 Å². The summed E-state index contributed by atoms with van der Waals surface area (Å²) in [5.74, 6) is 2.54. The average Bonchev–Trinajstić information content (AvgIpc) is 3.03. The Balaban J connectivity index is 1.52. The van der Waals surface area contributed by atoms with Crippen LogP contribution < -0.4 is 14.2 Å². The summed E-state index contributed by atoms with van der Waals surface area (Å²) < 4.78 is 15.9. The van der Waals surface area contributed by atoms with Gasteiger partial charge >= 0.3 is 0 Å². The summed E-state index contributed by atoms with van der Waals surface area (Å²) in [5, 5.41) is 0. The lowest BCUT2D eigenvalue weighted by Gasteiger charge is -2.14. The fourth-order valence-corrected chi connectivity index (χ4v) is 2.50. The van der Waals surface area contributed by atoms with Crippen molar-refractivity contribution in [3.8, 4) is 17.2 Å². The van der Waals surface area contributed by atoms with E-state index in [4.69, 9.17) is 14.2 Å². The summed E-state index contributed by atoms with van der Waals surface area (Å²) in [7, 11) is 3.78. The van der Waals surface area contributed by atoms with Crippen LogP contribution in [0.4, 0.5) is 0 Å². The lowest BCUT2D eigenvalue weighted by Crippen LogP contribution is -2.17. The van der Waals surface area contributed by atoms with Gasteiger partial charge in [-0.3, -0.25) is 4.90 Å². The largest absolute Gasteiger partial charge is 0.497 e. The zero-order valence-electron chi connectivity index (χ0n) is 13.5. The van der Waals surface area contributed by atoms with Gasteiger partial charge in [-0.05, 0) is 42.4 Å². The number of likely N-dealkylation sites (N-methyl/N-ethyl adjacent to an activating group) is 1. The van der Waals surface area contributed by atoms with E-state index in [-0.39, 0.29) is 0 Å². The Morgan fingerprint density at radius 3 is 2.65 bits per heavy atom. The highest BCUT2D eigenvalue weighted by molar-refractivity contribution is 5.50. The number of rotatable bonds is 6. The number of benzene rings is 2. The molecule has 0 saturated heterocycles. The Morgan fingerprint density at radius 1 is 1.09 bits per heavy atom. The molecule has 0 bridgehead atoms. The molecule has 23 heavy (non-hydrogen) atoms. The lowest BCUT2D eigenvalue weighted by atomic mass is 10.2. The number of hydrogen-bond acceptors (Lipinski definition) is 4. The van der Waals surface area contributed by atoms with Gasteiger partial charge in [0.1, 0.15) is 5.75 Å². The fraction of sp³-hybridized carbons (Fsp3) is 0.263. The van der Waals surface area contributed by atoms with Gasteiger partial charge in [-0.2, -0.15) is 0 Å². The number of ether oxygens (including phenoxy) is 3. The van der Waals surface area contributed by atoms with Crippen molar-refractivity contribution in [1.29, 1.82) is 0 Å². The summed E-state index contributed by atoms with van der Waals surface area (Å²) >= 11 is 0. The predicted octanol–water partition coefficient (Wildman–Crippen LogP) is 3.57. The van der Waals surface area contributed by atoms with Crippen molar-refractivity contribution in [2.45, 2.75) is 6.54 Å². The standard InChI is InChI=1S/C19H21NO3/c1-20(11-3-4-15-5-8-17(21-2)9-6-15)13-16-7-10-18-19(12-16)23-14-22-18/h3-10,12H,11,13-14H2,1-2H3/b4-3+. The lowest BCUT2D eigenvalue weighted by molar-refractivity contribution is 0.174. The van der Waals surface area contributed by atoms with E-state index in [1.165, 1.54) is 11.1 Å². The maximum Gasteiger partial charge on any atom is 0.231 e. The molecule has 4 nitrogen and oxygen atoms in total. The highest BCUT2D eigenvalue weighted by Gasteiger charge is 2.13. The van der Waals surface area contributed by atoms with Gasteiger partial charge in [0.25, 0.3) is 0 Å². The molecule has 3 rings (SSSR count). The molecule has 0 aromatic heterocycles. The van der Waals surface area contributed by atoms with Crippen LogP contribution in [0.3, 0.4) is 0 Å². The van der Waals surface area contributed by atoms with Gasteiger partial charge in [-0.15, -0.1) is 0 Å². The fourth-order valence-electron chi connectivity index (χ4n) is 2.50. The molecule has 0 saturated carbocycles. The SMILES string of the molecule is COc1ccc(/C=C/CN(C)Cc2ccc3c(c2)OCO3)cc1. The Kier molecular flexibility index (Phi) is 4.83. The maximum absolute atomic E-state index is 5.41. The topological polar surface area (TPSA) is 30.9 Å². The minimum Gasteiger partial charge on any atom is -0.497 e. The molecule has 0 N–H and O–H groups in total. The summed E-state index contributed by atoms with van der Waals surface area (Å²) in [5.41, 5.74) is 2.39. The van der Waals surface area contributed by atoms with Gasteiger partial charge in [-0.25, -0.2) is 0 Å². The zero-order chi connectivity index (χ0) is 16.1.